The molecule has 23 heavy (non-hydrogen) atoms. The zero-order valence-electron chi connectivity index (χ0n) is 14.0. The molecule has 1 aromatic rings. The molecule has 1 aromatic carbocycles. The molecule has 1 aliphatic heterocycles. The van der Waals surface area contributed by atoms with E-state index in [4.69, 9.17) is 11.6 Å². The van der Waals surface area contributed by atoms with Gasteiger partial charge >= 0.3 is 0 Å². The molecule has 0 aromatic heterocycles. The third kappa shape index (κ3) is 4.80. The highest BCUT2D eigenvalue weighted by molar-refractivity contribution is 6.30. The molecule has 1 fully saturated rings. The predicted octanol–water partition coefficient (Wildman–Crippen LogP) is 2.93. The van der Waals surface area contributed by atoms with Crippen molar-refractivity contribution in [3.63, 3.8) is 0 Å². The maximum Gasteiger partial charge on any atom is 0.293 e. The van der Waals surface area contributed by atoms with Crippen LogP contribution in [0.3, 0.4) is 0 Å². The van der Waals surface area contributed by atoms with E-state index in [2.05, 4.69) is 36.0 Å². The average Bonchev–Trinajstić information content (AvgIpc) is 2.50. The van der Waals surface area contributed by atoms with Crippen molar-refractivity contribution in [2.75, 3.05) is 45.1 Å². The van der Waals surface area contributed by atoms with Gasteiger partial charge in [0.1, 0.15) is 5.69 Å². The molecule has 1 atom stereocenters. The highest BCUT2D eigenvalue weighted by Crippen LogP contribution is 2.28. The molecule has 1 unspecified atom stereocenters. The van der Waals surface area contributed by atoms with Gasteiger partial charge in [-0.15, -0.1) is 0 Å². The first-order valence-electron chi connectivity index (χ1n) is 7.99. The molecule has 128 valence electrons. The van der Waals surface area contributed by atoms with Gasteiger partial charge in [-0.05, 0) is 25.1 Å². The summed E-state index contributed by atoms with van der Waals surface area (Å²) in [5.74, 6) is 0.470. The van der Waals surface area contributed by atoms with Crippen molar-refractivity contribution in [3.05, 3.63) is 33.3 Å². The Morgan fingerprint density at radius 3 is 2.52 bits per heavy atom. The van der Waals surface area contributed by atoms with Crippen molar-refractivity contribution in [3.8, 4) is 0 Å². The van der Waals surface area contributed by atoms with Gasteiger partial charge in [0.25, 0.3) is 5.69 Å². The smallest absolute Gasteiger partial charge is 0.293 e. The number of piperazine rings is 1. The first-order valence-corrected chi connectivity index (χ1v) is 8.36. The van der Waals surface area contributed by atoms with E-state index in [0.717, 1.165) is 26.2 Å². The third-order valence-electron chi connectivity index (χ3n) is 4.43. The quantitative estimate of drug-likeness (QED) is 0.637. The van der Waals surface area contributed by atoms with Crippen molar-refractivity contribution in [2.45, 2.75) is 19.9 Å². The van der Waals surface area contributed by atoms with Crippen LogP contribution in [0.15, 0.2) is 18.2 Å². The molecule has 0 radical (unpaired) electrons. The Kier molecular flexibility index (Phi) is 6.21. The van der Waals surface area contributed by atoms with Crippen LogP contribution in [0, 0.1) is 16.0 Å². The fraction of sp³-hybridized carbons (Fsp3) is 0.625. The van der Waals surface area contributed by atoms with Gasteiger partial charge in [0.15, 0.2) is 0 Å². The standard InChI is InChI=1S/C16H25ClN4O2/c1-12(2)16(20-8-6-19(3)7-9-20)11-18-14-5-4-13(17)10-15(14)21(22)23/h4-5,10,12,16,18H,6-9,11H2,1-3H3. The zero-order valence-corrected chi connectivity index (χ0v) is 14.7. The molecular formula is C16H25ClN4O2. The van der Waals surface area contributed by atoms with Crippen molar-refractivity contribution in [2.24, 2.45) is 5.92 Å². The molecule has 0 aliphatic carbocycles. The zero-order chi connectivity index (χ0) is 17.0. The van der Waals surface area contributed by atoms with Crippen LogP contribution >= 0.6 is 11.6 Å². The Balaban J connectivity index is 2.06. The Labute approximate surface area is 142 Å². The fourth-order valence-electron chi connectivity index (χ4n) is 2.96. The predicted molar refractivity (Wildman–Crippen MR) is 94.3 cm³/mol. The number of nitrogens with one attached hydrogen (secondary N) is 1. The Bertz CT molecular complexity index is 545. The van der Waals surface area contributed by atoms with Gasteiger partial charge in [0.05, 0.1) is 4.92 Å². The van der Waals surface area contributed by atoms with Crippen LogP contribution in [0.4, 0.5) is 11.4 Å². The monoisotopic (exact) mass is 340 g/mol. The van der Waals surface area contributed by atoms with Crippen LogP contribution in [-0.2, 0) is 0 Å². The number of likely N-dealkylation sites (N-methyl/N-ethyl adjacent to an activating group) is 1. The van der Waals surface area contributed by atoms with Crippen LogP contribution in [-0.4, -0.2) is 60.5 Å². The number of hydrogen-bond acceptors (Lipinski definition) is 5. The van der Waals surface area contributed by atoms with E-state index in [-0.39, 0.29) is 5.69 Å². The number of benzene rings is 1. The van der Waals surface area contributed by atoms with Crippen molar-refractivity contribution < 1.29 is 4.92 Å². The third-order valence-corrected chi connectivity index (χ3v) is 4.67. The van der Waals surface area contributed by atoms with Crippen molar-refractivity contribution in [1.82, 2.24) is 9.80 Å². The van der Waals surface area contributed by atoms with E-state index in [1.165, 1.54) is 6.07 Å². The van der Waals surface area contributed by atoms with Crippen LogP contribution in [0.25, 0.3) is 0 Å². The number of hydrogen-bond donors (Lipinski definition) is 1. The van der Waals surface area contributed by atoms with Crippen LogP contribution < -0.4 is 5.32 Å². The molecular weight excluding hydrogens is 316 g/mol. The van der Waals surface area contributed by atoms with Gasteiger partial charge in [-0.2, -0.15) is 0 Å². The minimum atomic E-state index is -0.394. The van der Waals surface area contributed by atoms with E-state index in [1.54, 1.807) is 12.1 Å². The largest absolute Gasteiger partial charge is 0.378 e. The van der Waals surface area contributed by atoms with Crippen molar-refractivity contribution in [1.29, 1.82) is 0 Å². The average molecular weight is 341 g/mol. The summed E-state index contributed by atoms with van der Waals surface area (Å²) >= 11 is 5.86. The van der Waals surface area contributed by atoms with E-state index >= 15 is 0 Å². The van der Waals surface area contributed by atoms with E-state index < -0.39 is 4.92 Å². The number of nitro groups is 1. The van der Waals surface area contributed by atoms with Crippen molar-refractivity contribution >= 4 is 23.0 Å². The van der Waals surface area contributed by atoms with Gasteiger partial charge < -0.3 is 10.2 Å². The molecule has 2 rings (SSSR count). The summed E-state index contributed by atoms with van der Waals surface area (Å²) < 4.78 is 0. The van der Waals surface area contributed by atoms with E-state index in [1.807, 2.05) is 0 Å². The number of nitro benzene ring substituents is 1. The molecule has 7 heteroatoms. The van der Waals surface area contributed by atoms with E-state index in [0.29, 0.717) is 29.2 Å². The molecule has 6 nitrogen and oxygen atoms in total. The lowest BCUT2D eigenvalue weighted by Crippen LogP contribution is -2.52. The maximum absolute atomic E-state index is 11.2. The second kappa shape index (κ2) is 7.95. The first kappa shape index (κ1) is 18.0. The minimum absolute atomic E-state index is 0.0263. The topological polar surface area (TPSA) is 61.7 Å². The Morgan fingerprint density at radius 1 is 1.30 bits per heavy atom. The minimum Gasteiger partial charge on any atom is -0.378 e. The van der Waals surface area contributed by atoms with Crippen LogP contribution in [0.1, 0.15) is 13.8 Å². The number of nitrogens with zero attached hydrogens (tertiary/aromatic N) is 3. The lowest BCUT2D eigenvalue weighted by atomic mass is 10.0. The summed E-state index contributed by atoms with van der Waals surface area (Å²) in [5, 5.41) is 14.8. The first-order chi connectivity index (χ1) is 10.9. The molecule has 0 amide bonds. The highest BCUT2D eigenvalue weighted by atomic mass is 35.5. The molecule has 0 saturated carbocycles. The molecule has 0 bridgehead atoms. The number of anilines is 1. The van der Waals surface area contributed by atoms with E-state index in [9.17, 15) is 10.1 Å². The van der Waals surface area contributed by atoms with Crippen LogP contribution in [0.2, 0.25) is 5.02 Å². The normalized spacial score (nSPS) is 18.1. The summed E-state index contributed by atoms with van der Waals surface area (Å²) in [6.07, 6.45) is 0. The highest BCUT2D eigenvalue weighted by Gasteiger charge is 2.25. The number of halogens is 1. The maximum atomic E-state index is 11.2. The van der Waals surface area contributed by atoms with Gasteiger partial charge in [0.2, 0.25) is 0 Å². The molecule has 1 N–H and O–H groups in total. The summed E-state index contributed by atoms with van der Waals surface area (Å²) in [4.78, 5) is 15.6. The second-order valence-electron chi connectivity index (χ2n) is 6.45. The van der Waals surface area contributed by atoms with Gasteiger partial charge in [-0.1, -0.05) is 25.4 Å². The Hall–Kier alpha value is -1.37. The number of rotatable bonds is 6. The Morgan fingerprint density at radius 2 is 1.96 bits per heavy atom. The summed E-state index contributed by atoms with van der Waals surface area (Å²) in [7, 11) is 2.14. The molecule has 0 spiro atoms. The second-order valence-corrected chi connectivity index (χ2v) is 6.89. The lowest BCUT2D eigenvalue weighted by molar-refractivity contribution is -0.383. The summed E-state index contributed by atoms with van der Waals surface area (Å²) in [5.41, 5.74) is 0.553. The summed E-state index contributed by atoms with van der Waals surface area (Å²) in [6.45, 7) is 9.26. The molecule has 1 saturated heterocycles. The fourth-order valence-corrected chi connectivity index (χ4v) is 3.13. The molecule has 1 aliphatic rings. The van der Waals surface area contributed by atoms with Gasteiger partial charge in [-0.3, -0.25) is 15.0 Å². The lowest BCUT2D eigenvalue weighted by Gasteiger charge is -2.40. The SMILES string of the molecule is CC(C)C(CNc1ccc(Cl)cc1[N+](=O)[O-])N1CCN(C)CC1. The summed E-state index contributed by atoms with van der Waals surface area (Å²) in [6, 6.07) is 5.10. The van der Waals surface area contributed by atoms with Crippen LogP contribution in [0.5, 0.6) is 0 Å². The van der Waals surface area contributed by atoms with Gasteiger partial charge in [0, 0.05) is 49.9 Å². The molecule has 1 heterocycles. The van der Waals surface area contributed by atoms with Gasteiger partial charge in [-0.25, -0.2) is 0 Å².